The minimum atomic E-state index is 0. The van der Waals surface area contributed by atoms with Gasteiger partial charge in [-0.15, -0.1) is 0 Å². The lowest BCUT2D eigenvalue weighted by Gasteiger charge is -1.78. The van der Waals surface area contributed by atoms with Crippen molar-refractivity contribution >= 4 is 0 Å². The van der Waals surface area contributed by atoms with Crippen LogP contribution in [0.4, 0.5) is 9.41 Å². The number of halogens is 2. The lowest BCUT2D eigenvalue weighted by Crippen LogP contribution is -1.96. The Labute approximate surface area is 41.1 Å². The predicted molar refractivity (Wildman–Crippen MR) is 26.8 cm³/mol. The molecule has 1 heterocycles. The summed E-state index contributed by atoms with van der Waals surface area (Å²) >= 11 is 0. The third-order valence-electron chi connectivity index (χ3n) is 0.691. The highest BCUT2D eigenvalue weighted by molar-refractivity contribution is 4.86. The summed E-state index contributed by atoms with van der Waals surface area (Å²) < 4.78 is 0. The molecule has 0 aromatic heterocycles. The van der Waals surface area contributed by atoms with Crippen LogP contribution in [0.5, 0.6) is 0 Å². The zero-order valence-corrected chi connectivity index (χ0v) is 3.89. The van der Waals surface area contributed by atoms with E-state index < -0.39 is 0 Å². The van der Waals surface area contributed by atoms with Crippen LogP contribution in [0.25, 0.3) is 0 Å². The van der Waals surface area contributed by atoms with Crippen molar-refractivity contribution in [1.29, 1.82) is 0 Å². The smallest absolute Gasteiger partial charge is 0.0176 e. The number of nitrogens with one attached hydrogen (secondary N) is 1. The topological polar surface area (TPSA) is 12.0 Å². The SMILES string of the molecule is C1=CNCC1.F.F. The van der Waals surface area contributed by atoms with E-state index in [0.29, 0.717) is 0 Å². The van der Waals surface area contributed by atoms with E-state index in [2.05, 4.69) is 11.4 Å². The molecule has 0 radical (unpaired) electrons. The van der Waals surface area contributed by atoms with Crippen LogP contribution in [0.3, 0.4) is 0 Å². The van der Waals surface area contributed by atoms with Crippen LogP contribution in [-0.4, -0.2) is 6.54 Å². The van der Waals surface area contributed by atoms with Gasteiger partial charge in [0, 0.05) is 6.54 Å². The molecule has 3 heteroatoms. The van der Waals surface area contributed by atoms with E-state index >= 15 is 0 Å². The molecule has 7 heavy (non-hydrogen) atoms. The Balaban J connectivity index is 0. The van der Waals surface area contributed by atoms with E-state index in [9.17, 15) is 0 Å². The van der Waals surface area contributed by atoms with Crippen LogP contribution < -0.4 is 5.32 Å². The Kier molecular flexibility index (Phi) is 7.44. The molecule has 0 saturated heterocycles. The molecule has 1 nitrogen and oxygen atoms in total. The second-order valence-electron chi connectivity index (χ2n) is 1.15. The van der Waals surface area contributed by atoms with Crippen LogP contribution in [0.15, 0.2) is 12.3 Å². The highest BCUT2D eigenvalue weighted by atomic mass is 19.0. The second-order valence-corrected chi connectivity index (χ2v) is 1.15. The van der Waals surface area contributed by atoms with Gasteiger partial charge in [0.1, 0.15) is 0 Å². The first-order valence-corrected chi connectivity index (χ1v) is 1.88. The molecule has 1 aliphatic rings. The van der Waals surface area contributed by atoms with Gasteiger partial charge in [0.25, 0.3) is 0 Å². The summed E-state index contributed by atoms with van der Waals surface area (Å²) in [4.78, 5) is 0. The van der Waals surface area contributed by atoms with E-state index in [0.717, 1.165) is 6.54 Å². The molecule has 0 saturated carbocycles. The Morgan fingerprint density at radius 1 is 1.29 bits per heavy atom. The molecular formula is C4H9F2N. The zero-order valence-electron chi connectivity index (χ0n) is 3.89. The quantitative estimate of drug-likeness (QED) is 0.485. The maximum atomic E-state index is 3.04. The lowest BCUT2D eigenvalue weighted by atomic mass is 10.5. The first-order valence-electron chi connectivity index (χ1n) is 1.88. The van der Waals surface area contributed by atoms with Crippen LogP contribution in [-0.2, 0) is 0 Å². The summed E-state index contributed by atoms with van der Waals surface area (Å²) in [6.07, 6.45) is 5.32. The standard InChI is InChI=1S/C4H7N.2FH/c1-2-4-5-3-1;;/h1,3,5H,2,4H2;2*1H. The van der Waals surface area contributed by atoms with Crippen molar-refractivity contribution in [2.75, 3.05) is 6.54 Å². The van der Waals surface area contributed by atoms with Gasteiger partial charge in [-0.2, -0.15) is 0 Å². The van der Waals surface area contributed by atoms with Crippen molar-refractivity contribution in [2.45, 2.75) is 6.42 Å². The fourth-order valence-electron chi connectivity index (χ4n) is 0.417. The maximum Gasteiger partial charge on any atom is 0.0176 e. The number of rotatable bonds is 0. The molecule has 0 fully saturated rings. The minimum absolute atomic E-state index is 0. The van der Waals surface area contributed by atoms with Crippen molar-refractivity contribution in [2.24, 2.45) is 0 Å². The van der Waals surface area contributed by atoms with E-state index in [4.69, 9.17) is 0 Å². The van der Waals surface area contributed by atoms with E-state index in [1.807, 2.05) is 6.20 Å². The lowest BCUT2D eigenvalue weighted by molar-refractivity contribution is 0.917. The van der Waals surface area contributed by atoms with Crippen molar-refractivity contribution < 1.29 is 9.41 Å². The fourth-order valence-corrected chi connectivity index (χ4v) is 0.417. The highest BCUT2D eigenvalue weighted by Gasteiger charge is 1.81. The average Bonchev–Trinajstić information content (AvgIpc) is 1.76. The first kappa shape index (κ1) is 9.64. The third-order valence-corrected chi connectivity index (χ3v) is 0.691. The highest BCUT2D eigenvalue weighted by Crippen LogP contribution is 1.84. The molecule has 0 aromatic carbocycles. The van der Waals surface area contributed by atoms with Crippen LogP contribution in [0.1, 0.15) is 6.42 Å². The van der Waals surface area contributed by atoms with Crippen molar-refractivity contribution in [3.05, 3.63) is 12.3 Å². The Morgan fingerprint density at radius 2 is 2.00 bits per heavy atom. The average molecular weight is 109 g/mol. The van der Waals surface area contributed by atoms with Gasteiger partial charge in [0.15, 0.2) is 0 Å². The molecular weight excluding hydrogens is 100 g/mol. The van der Waals surface area contributed by atoms with Gasteiger partial charge < -0.3 is 5.32 Å². The molecule has 0 atom stereocenters. The molecule has 0 aromatic rings. The van der Waals surface area contributed by atoms with Gasteiger partial charge in [0.2, 0.25) is 0 Å². The third kappa shape index (κ3) is 3.22. The van der Waals surface area contributed by atoms with Gasteiger partial charge in [-0.3, -0.25) is 9.41 Å². The molecule has 1 rings (SSSR count). The monoisotopic (exact) mass is 109 g/mol. The summed E-state index contributed by atoms with van der Waals surface area (Å²) in [5.74, 6) is 0. The number of hydrogen-bond donors (Lipinski definition) is 1. The Bertz CT molecular complexity index is 47.7. The predicted octanol–water partition coefficient (Wildman–Crippen LogP) is 0.798. The molecule has 0 bridgehead atoms. The minimum Gasteiger partial charge on any atom is -0.391 e. The first-order chi connectivity index (χ1) is 2.50. The maximum absolute atomic E-state index is 3.04. The molecule has 1 N–H and O–H groups in total. The van der Waals surface area contributed by atoms with Crippen LogP contribution >= 0.6 is 0 Å². The summed E-state index contributed by atoms with van der Waals surface area (Å²) in [6.45, 7) is 1.14. The van der Waals surface area contributed by atoms with Gasteiger partial charge in [0.05, 0.1) is 0 Å². The second kappa shape index (κ2) is 5.40. The van der Waals surface area contributed by atoms with Gasteiger partial charge >= 0.3 is 0 Å². The van der Waals surface area contributed by atoms with Gasteiger partial charge in [-0.25, -0.2) is 0 Å². The molecule has 0 spiro atoms. The van der Waals surface area contributed by atoms with E-state index in [1.165, 1.54) is 6.42 Å². The fraction of sp³-hybridized carbons (Fsp3) is 0.500. The molecule has 0 unspecified atom stereocenters. The molecule has 0 aliphatic carbocycles. The van der Waals surface area contributed by atoms with Crippen molar-refractivity contribution in [3.63, 3.8) is 0 Å². The zero-order chi connectivity index (χ0) is 3.54. The normalized spacial score (nSPS) is 13.7. The summed E-state index contributed by atoms with van der Waals surface area (Å²) in [5, 5.41) is 3.04. The molecule has 1 aliphatic heterocycles. The summed E-state index contributed by atoms with van der Waals surface area (Å²) in [7, 11) is 0. The van der Waals surface area contributed by atoms with Crippen molar-refractivity contribution in [3.8, 4) is 0 Å². The largest absolute Gasteiger partial charge is 0.391 e. The van der Waals surface area contributed by atoms with E-state index in [1.54, 1.807) is 0 Å². The Hall–Kier alpha value is -0.600. The molecule has 44 valence electrons. The van der Waals surface area contributed by atoms with E-state index in [-0.39, 0.29) is 9.41 Å². The van der Waals surface area contributed by atoms with Gasteiger partial charge in [-0.1, -0.05) is 6.08 Å². The summed E-state index contributed by atoms with van der Waals surface area (Å²) in [5.41, 5.74) is 0. The van der Waals surface area contributed by atoms with Crippen LogP contribution in [0.2, 0.25) is 0 Å². The summed E-state index contributed by atoms with van der Waals surface area (Å²) in [6, 6.07) is 0. The van der Waals surface area contributed by atoms with Crippen LogP contribution in [0, 0.1) is 0 Å². The van der Waals surface area contributed by atoms with Crippen molar-refractivity contribution in [1.82, 2.24) is 5.32 Å². The Morgan fingerprint density at radius 3 is 2.14 bits per heavy atom. The van der Waals surface area contributed by atoms with Gasteiger partial charge in [-0.05, 0) is 12.6 Å². The number of hydrogen-bond acceptors (Lipinski definition) is 1. The molecule has 0 amide bonds.